The molecule has 4 rings (SSSR count). The van der Waals surface area contributed by atoms with Crippen LogP contribution in [0.3, 0.4) is 0 Å². The van der Waals surface area contributed by atoms with E-state index in [-0.39, 0.29) is 11.9 Å². The SMILES string of the molecule is Cc1ccc2cc(C(=O)NC3CC4CNC3C4)ncn12. The molecule has 3 unspecified atom stereocenters. The number of hydrogen-bond donors (Lipinski definition) is 2. The summed E-state index contributed by atoms with van der Waals surface area (Å²) in [5.74, 6) is 0.666. The van der Waals surface area contributed by atoms with Crippen molar-refractivity contribution in [1.29, 1.82) is 0 Å². The highest BCUT2D eigenvalue weighted by molar-refractivity contribution is 5.93. The lowest BCUT2D eigenvalue weighted by molar-refractivity contribution is 0.0923. The topological polar surface area (TPSA) is 58.4 Å². The van der Waals surface area contributed by atoms with Crippen LogP contribution in [0.5, 0.6) is 0 Å². The molecule has 20 heavy (non-hydrogen) atoms. The van der Waals surface area contributed by atoms with Crippen molar-refractivity contribution in [3.8, 4) is 0 Å². The molecule has 2 N–H and O–H groups in total. The molecule has 2 aromatic rings. The zero-order valence-electron chi connectivity index (χ0n) is 11.5. The summed E-state index contributed by atoms with van der Waals surface area (Å²) < 4.78 is 1.98. The standard InChI is InChI=1S/C15H18N4O/c1-9-2-3-11-6-14(17-8-19(9)11)15(20)18-13-5-10-4-12(13)16-7-10/h2-3,6,8,10,12-13,16H,4-5,7H2,1H3,(H,18,20). The predicted octanol–water partition coefficient (Wildman–Crippen LogP) is 1.12. The van der Waals surface area contributed by atoms with Crippen LogP contribution in [0.25, 0.3) is 5.52 Å². The maximum Gasteiger partial charge on any atom is 0.270 e. The lowest BCUT2D eigenvalue weighted by Gasteiger charge is -2.23. The fourth-order valence-electron chi connectivity index (χ4n) is 3.52. The number of piperidine rings is 1. The van der Waals surface area contributed by atoms with E-state index < -0.39 is 0 Å². The van der Waals surface area contributed by atoms with Crippen LogP contribution >= 0.6 is 0 Å². The molecule has 2 aliphatic rings. The molecule has 2 aromatic heterocycles. The van der Waals surface area contributed by atoms with Crippen LogP contribution in [0.1, 0.15) is 29.0 Å². The number of nitrogens with one attached hydrogen (secondary N) is 2. The first-order valence-electron chi connectivity index (χ1n) is 7.18. The van der Waals surface area contributed by atoms with Crippen molar-refractivity contribution >= 4 is 11.4 Å². The monoisotopic (exact) mass is 270 g/mol. The van der Waals surface area contributed by atoms with Crippen LogP contribution in [0, 0.1) is 12.8 Å². The lowest BCUT2D eigenvalue weighted by atomic mass is 10.1. The first-order valence-corrected chi connectivity index (χ1v) is 7.18. The van der Waals surface area contributed by atoms with Crippen LogP contribution in [0.2, 0.25) is 0 Å². The third-order valence-corrected chi connectivity index (χ3v) is 4.63. The number of carbonyl (C=O) groups is 1. The molecule has 2 bridgehead atoms. The molecule has 3 atom stereocenters. The zero-order chi connectivity index (χ0) is 13.7. The minimum absolute atomic E-state index is 0.0642. The fraction of sp³-hybridized carbons (Fsp3) is 0.467. The maximum atomic E-state index is 12.3. The number of fused-ring (bicyclic) bond motifs is 3. The molecule has 1 saturated heterocycles. The molecule has 5 nitrogen and oxygen atoms in total. The van der Waals surface area contributed by atoms with Gasteiger partial charge in [0, 0.05) is 23.3 Å². The van der Waals surface area contributed by atoms with Gasteiger partial charge in [0.15, 0.2) is 0 Å². The van der Waals surface area contributed by atoms with Gasteiger partial charge in [0.25, 0.3) is 5.91 Å². The van der Waals surface area contributed by atoms with E-state index in [1.165, 1.54) is 6.42 Å². The van der Waals surface area contributed by atoms with E-state index in [1.54, 1.807) is 6.33 Å². The average Bonchev–Trinajstić information content (AvgIpc) is 3.14. The molecule has 0 radical (unpaired) electrons. The van der Waals surface area contributed by atoms with Gasteiger partial charge in [-0.05, 0) is 50.4 Å². The van der Waals surface area contributed by atoms with E-state index in [2.05, 4.69) is 15.6 Å². The molecule has 104 valence electrons. The van der Waals surface area contributed by atoms with Gasteiger partial charge >= 0.3 is 0 Å². The Morgan fingerprint density at radius 1 is 1.45 bits per heavy atom. The van der Waals surface area contributed by atoms with Gasteiger partial charge in [-0.1, -0.05) is 0 Å². The lowest BCUT2D eigenvalue weighted by Crippen LogP contribution is -2.48. The number of aromatic nitrogens is 2. The van der Waals surface area contributed by atoms with Gasteiger partial charge in [-0.3, -0.25) is 4.79 Å². The molecule has 1 amide bonds. The van der Waals surface area contributed by atoms with Crippen LogP contribution < -0.4 is 10.6 Å². The van der Waals surface area contributed by atoms with Gasteiger partial charge in [0.2, 0.25) is 0 Å². The largest absolute Gasteiger partial charge is 0.346 e. The van der Waals surface area contributed by atoms with E-state index in [0.29, 0.717) is 11.7 Å². The van der Waals surface area contributed by atoms with Crippen molar-refractivity contribution in [2.45, 2.75) is 31.8 Å². The summed E-state index contributed by atoms with van der Waals surface area (Å²) in [4.78, 5) is 16.6. The van der Waals surface area contributed by atoms with E-state index in [4.69, 9.17) is 0 Å². The van der Waals surface area contributed by atoms with Gasteiger partial charge in [0.1, 0.15) is 12.0 Å². The van der Waals surface area contributed by atoms with Crippen molar-refractivity contribution in [1.82, 2.24) is 20.0 Å². The number of hydrogen-bond acceptors (Lipinski definition) is 3. The van der Waals surface area contributed by atoms with Gasteiger partial charge in [-0.15, -0.1) is 0 Å². The van der Waals surface area contributed by atoms with Crippen LogP contribution in [-0.2, 0) is 0 Å². The first-order chi connectivity index (χ1) is 9.70. The highest BCUT2D eigenvalue weighted by Gasteiger charge is 2.40. The molecule has 1 aliphatic carbocycles. The minimum Gasteiger partial charge on any atom is -0.346 e. The van der Waals surface area contributed by atoms with Crippen molar-refractivity contribution in [2.75, 3.05) is 6.54 Å². The van der Waals surface area contributed by atoms with Gasteiger partial charge in [-0.25, -0.2) is 4.98 Å². The molecule has 1 aliphatic heterocycles. The molecule has 1 saturated carbocycles. The number of nitrogens with zero attached hydrogens (tertiary/aromatic N) is 2. The van der Waals surface area contributed by atoms with Gasteiger partial charge in [-0.2, -0.15) is 0 Å². The van der Waals surface area contributed by atoms with E-state index in [0.717, 1.165) is 30.1 Å². The number of rotatable bonds is 2. The molecule has 0 aromatic carbocycles. The second-order valence-corrected chi connectivity index (χ2v) is 5.98. The van der Waals surface area contributed by atoms with Crippen molar-refractivity contribution in [3.05, 3.63) is 35.9 Å². The second kappa shape index (κ2) is 4.31. The second-order valence-electron chi connectivity index (χ2n) is 5.98. The Hall–Kier alpha value is -1.88. The maximum absolute atomic E-state index is 12.3. The summed E-state index contributed by atoms with van der Waals surface area (Å²) in [7, 11) is 0. The average molecular weight is 270 g/mol. The van der Waals surface area contributed by atoms with E-state index in [9.17, 15) is 4.79 Å². The number of carbonyl (C=O) groups excluding carboxylic acids is 1. The molecule has 0 spiro atoms. The van der Waals surface area contributed by atoms with E-state index in [1.807, 2.05) is 29.5 Å². The quantitative estimate of drug-likeness (QED) is 0.860. The molecule has 5 heteroatoms. The Kier molecular flexibility index (Phi) is 2.57. The summed E-state index contributed by atoms with van der Waals surface area (Å²) in [5.41, 5.74) is 2.63. The van der Waals surface area contributed by atoms with Crippen LogP contribution in [0.4, 0.5) is 0 Å². The van der Waals surface area contributed by atoms with Crippen molar-refractivity contribution < 1.29 is 4.79 Å². The molecular formula is C15H18N4O. The highest BCUT2D eigenvalue weighted by Crippen LogP contribution is 2.31. The Balaban J connectivity index is 1.54. The summed E-state index contributed by atoms with van der Waals surface area (Å²) in [6, 6.07) is 6.59. The number of aryl methyl sites for hydroxylation is 1. The Morgan fingerprint density at radius 3 is 3.10 bits per heavy atom. The smallest absolute Gasteiger partial charge is 0.270 e. The van der Waals surface area contributed by atoms with Gasteiger partial charge < -0.3 is 15.0 Å². The van der Waals surface area contributed by atoms with E-state index >= 15 is 0 Å². The Morgan fingerprint density at radius 2 is 2.35 bits per heavy atom. The molecular weight excluding hydrogens is 252 g/mol. The molecule has 3 heterocycles. The first kappa shape index (κ1) is 11.9. The van der Waals surface area contributed by atoms with Crippen molar-refractivity contribution in [2.24, 2.45) is 5.92 Å². The normalized spacial score (nSPS) is 28.1. The minimum atomic E-state index is -0.0642. The summed E-state index contributed by atoms with van der Waals surface area (Å²) in [5, 5.41) is 6.58. The number of amides is 1. The van der Waals surface area contributed by atoms with Crippen LogP contribution in [-0.4, -0.2) is 33.9 Å². The summed E-state index contributed by atoms with van der Waals surface area (Å²) in [6.45, 7) is 3.13. The highest BCUT2D eigenvalue weighted by atomic mass is 16.2. The third kappa shape index (κ3) is 1.81. The summed E-state index contributed by atoms with van der Waals surface area (Å²) >= 11 is 0. The third-order valence-electron chi connectivity index (χ3n) is 4.63. The zero-order valence-corrected chi connectivity index (χ0v) is 11.5. The van der Waals surface area contributed by atoms with Gasteiger partial charge in [0.05, 0.1) is 0 Å². The summed E-state index contributed by atoms with van der Waals surface area (Å²) in [6.07, 6.45) is 4.00. The Labute approximate surface area is 117 Å². The van der Waals surface area contributed by atoms with Crippen molar-refractivity contribution in [3.63, 3.8) is 0 Å². The molecule has 2 fully saturated rings. The predicted molar refractivity (Wildman–Crippen MR) is 75.7 cm³/mol. The Bertz CT molecular complexity index is 678. The van der Waals surface area contributed by atoms with Crippen LogP contribution in [0.15, 0.2) is 24.5 Å². The fourth-order valence-corrected chi connectivity index (χ4v) is 3.52.